The van der Waals surface area contributed by atoms with Gasteiger partial charge in [0.25, 0.3) is 0 Å². The van der Waals surface area contributed by atoms with E-state index in [0.29, 0.717) is 0 Å². The monoisotopic (exact) mass is 311 g/mol. The number of aromatic nitrogens is 1. The Kier molecular flexibility index (Phi) is 6.74. The molecule has 0 saturated heterocycles. The van der Waals surface area contributed by atoms with Crippen molar-refractivity contribution in [2.45, 2.75) is 32.7 Å². The number of likely N-dealkylation sites (N-methyl/N-ethyl adjacent to an activating group) is 1. The maximum atomic E-state index is 6.20. The standard InChI is InChI=1S/C16H26ClN3O/c1-3-6-18-10-14-9-16(19-11-15(14)17)20(2)7-8-21-12-13-4-5-13/h9,11,13,18H,3-8,10,12H2,1-2H3. The molecule has 0 amide bonds. The van der Waals surface area contributed by atoms with Crippen molar-refractivity contribution in [3.8, 4) is 0 Å². The summed E-state index contributed by atoms with van der Waals surface area (Å²) < 4.78 is 5.68. The highest BCUT2D eigenvalue weighted by Gasteiger charge is 2.21. The van der Waals surface area contributed by atoms with Gasteiger partial charge in [0.1, 0.15) is 5.82 Å². The summed E-state index contributed by atoms with van der Waals surface area (Å²) in [7, 11) is 2.04. The second-order valence-corrected chi connectivity index (χ2v) is 6.16. The lowest BCUT2D eigenvalue weighted by Crippen LogP contribution is -2.24. The van der Waals surface area contributed by atoms with Gasteiger partial charge in [0, 0.05) is 32.9 Å². The van der Waals surface area contributed by atoms with E-state index in [-0.39, 0.29) is 0 Å². The predicted octanol–water partition coefficient (Wildman–Crippen LogP) is 3.10. The van der Waals surface area contributed by atoms with Crippen LogP contribution in [-0.2, 0) is 11.3 Å². The molecule has 0 atom stereocenters. The lowest BCUT2D eigenvalue weighted by molar-refractivity contribution is 0.131. The molecule has 2 rings (SSSR count). The molecule has 5 heteroatoms. The average molecular weight is 312 g/mol. The Morgan fingerprint density at radius 3 is 3.00 bits per heavy atom. The molecule has 1 saturated carbocycles. The Bertz CT molecular complexity index is 438. The molecule has 0 aromatic carbocycles. The molecule has 1 heterocycles. The molecule has 118 valence electrons. The van der Waals surface area contributed by atoms with Crippen molar-refractivity contribution in [2.75, 3.05) is 38.3 Å². The average Bonchev–Trinajstić information content (AvgIpc) is 3.30. The zero-order chi connectivity index (χ0) is 15.1. The summed E-state index contributed by atoms with van der Waals surface area (Å²) in [6, 6.07) is 2.06. The summed E-state index contributed by atoms with van der Waals surface area (Å²) in [6.07, 6.45) is 5.53. The normalized spacial score (nSPS) is 14.4. The molecule has 1 fully saturated rings. The van der Waals surface area contributed by atoms with E-state index in [1.54, 1.807) is 6.20 Å². The fourth-order valence-corrected chi connectivity index (χ4v) is 2.23. The van der Waals surface area contributed by atoms with Gasteiger partial charge in [-0.1, -0.05) is 18.5 Å². The van der Waals surface area contributed by atoms with Crippen LogP contribution in [0.4, 0.5) is 5.82 Å². The van der Waals surface area contributed by atoms with Crippen LogP contribution in [0.25, 0.3) is 0 Å². The molecule has 0 spiro atoms. The fourth-order valence-electron chi connectivity index (χ4n) is 2.06. The van der Waals surface area contributed by atoms with Gasteiger partial charge in [0.05, 0.1) is 11.6 Å². The van der Waals surface area contributed by atoms with Gasteiger partial charge in [-0.15, -0.1) is 0 Å². The van der Waals surface area contributed by atoms with Crippen LogP contribution in [-0.4, -0.2) is 38.3 Å². The number of ether oxygens (including phenoxy) is 1. The van der Waals surface area contributed by atoms with Crippen LogP contribution in [0.3, 0.4) is 0 Å². The highest BCUT2D eigenvalue weighted by atomic mass is 35.5. The minimum absolute atomic E-state index is 0.723. The first kappa shape index (κ1) is 16.5. The van der Waals surface area contributed by atoms with E-state index in [0.717, 1.165) is 61.6 Å². The number of halogens is 1. The Hall–Kier alpha value is -0.840. The third-order valence-electron chi connectivity index (χ3n) is 3.68. The number of anilines is 1. The number of hydrogen-bond donors (Lipinski definition) is 1. The predicted molar refractivity (Wildman–Crippen MR) is 88.1 cm³/mol. The summed E-state index contributed by atoms with van der Waals surface area (Å²) >= 11 is 6.20. The smallest absolute Gasteiger partial charge is 0.128 e. The van der Waals surface area contributed by atoms with Crippen molar-refractivity contribution in [3.63, 3.8) is 0 Å². The Morgan fingerprint density at radius 2 is 2.29 bits per heavy atom. The van der Waals surface area contributed by atoms with Crippen LogP contribution in [0.5, 0.6) is 0 Å². The van der Waals surface area contributed by atoms with Crippen LogP contribution < -0.4 is 10.2 Å². The number of rotatable bonds is 10. The van der Waals surface area contributed by atoms with Gasteiger partial charge in [-0.3, -0.25) is 0 Å². The van der Waals surface area contributed by atoms with E-state index < -0.39 is 0 Å². The topological polar surface area (TPSA) is 37.4 Å². The molecule has 0 aliphatic heterocycles. The molecule has 21 heavy (non-hydrogen) atoms. The molecular weight excluding hydrogens is 286 g/mol. The maximum Gasteiger partial charge on any atom is 0.128 e. The third-order valence-corrected chi connectivity index (χ3v) is 4.02. The molecule has 0 unspecified atom stereocenters. The number of pyridine rings is 1. The van der Waals surface area contributed by atoms with E-state index in [2.05, 4.69) is 28.2 Å². The maximum absolute atomic E-state index is 6.20. The van der Waals surface area contributed by atoms with Gasteiger partial charge in [-0.2, -0.15) is 0 Å². The summed E-state index contributed by atoms with van der Waals surface area (Å²) in [5.41, 5.74) is 1.10. The molecule has 4 nitrogen and oxygen atoms in total. The largest absolute Gasteiger partial charge is 0.379 e. The third kappa shape index (κ3) is 5.81. The molecule has 0 bridgehead atoms. The molecule has 1 aromatic heterocycles. The van der Waals surface area contributed by atoms with Crippen LogP contribution in [0.1, 0.15) is 31.7 Å². The van der Waals surface area contributed by atoms with Crippen molar-refractivity contribution in [1.82, 2.24) is 10.3 Å². The summed E-state index contributed by atoms with van der Waals surface area (Å²) in [5.74, 6) is 1.77. The number of nitrogens with zero attached hydrogens (tertiary/aromatic N) is 2. The van der Waals surface area contributed by atoms with Crippen molar-refractivity contribution in [2.24, 2.45) is 5.92 Å². The molecule has 1 aliphatic rings. The van der Waals surface area contributed by atoms with Crippen molar-refractivity contribution in [1.29, 1.82) is 0 Å². The van der Waals surface area contributed by atoms with Crippen molar-refractivity contribution in [3.05, 3.63) is 22.8 Å². The lowest BCUT2D eigenvalue weighted by atomic mass is 10.2. The first-order valence-corrected chi connectivity index (χ1v) is 8.22. The van der Waals surface area contributed by atoms with Gasteiger partial charge < -0.3 is 15.0 Å². The van der Waals surface area contributed by atoms with Crippen LogP contribution in [0.2, 0.25) is 5.02 Å². The van der Waals surface area contributed by atoms with Gasteiger partial charge in [0.15, 0.2) is 0 Å². The fraction of sp³-hybridized carbons (Fsp3) is 0.688. The van der Waals surface area contributed by atoms with E-state index >= 15 is 0 Å². The van der Waals surface area contributed by atoms with Gasteiger partial charge in [0.2, 0.25) is 0 Å². The number of hydrogen-bond acceptors (Lipinski definition) is 4. The molecule has 1 N–H and O–H groups in total. The van der Waals surface area contributed by atoms with Gasteiger partial charge >= 0.3 is 0 Å². The summed E-state index contributed by atoms with van der Waals surface area (Å²) in [6.45, 7) is 6.45. The molecule has 0 radical (unpaired) electrons. The second-order valence-electron chi connectivity index (χ2n) is 5.75. The first-order valence-electron chi connectivity index (χ1n) is 7.84. The van der Waals surface area contributed by atoms with Gasteiger partial charge in [-0.25, -0.2) is 4.98 Å². The first-order chi connectivity index (χ1) is 10.2. The Balaban J connectivity index is 1.80. The molecule has 1 aliphatic carbocycles. The van der Waals surface area contributed by atoms with Crippen LogP contribution in [0, 0.1) is 5.92 Å². The number of nitrogens with one attached hydrogen (secondary N) is 1. The second kappa shape index (κ2) is 8.57. The van der Waals surface area contributed by atoms with Crippen molar-refractivity contribution < 1.29 is 4.74 Å². The zero-order valence-corrected chi connectivity index (χ0v) is 13.8. The van der Waals surface area contributed by atoms with Crippen LogP contribution in [0.15, 0.2) is 12.3 Å². The van der Waals surface area contributed by atoms with E-state index in [1.165, 1.54) is 12.8 Å². The molecule has 1 aromatic rings. The minimum atomic E-state index is 0.723. The zero-order valence-electron chi connectivity index (χ0n) is 13.1. The van der Waals surface area contributed by atoms with E-state index in [9.17, 15) is 0 Å². The van der Waals surface area contributed by atoms with Crippen LogP contribution >= 0.6 is 11.6 Å². The molecular formula is C16H26ClN3O. The SMILES string of the molecule is CCCNCc1cc(N(C)CCOCC2CC2)ncc1Cl. The minimum Gasteiger partial charge on any atom is -0.379 e. The summed E-state index contributed by atoms with van der Waals surface area (Å²) in [4.78, 5) is 6.52. The Morgan fingerprint density at radius 1 is 1.48 bits per heavy atom. The quantitative estimate of drug-likeness (QED) is 0.674. The van der Waals surface area contributed by atoms with E-state index in [4.69, 9.17) is 16.3 Å². The highest BCUT2D eigenvalue weighted by molar-refractivity contribution is 6.31. The van der Waals surface area contributed by atoms with Crippen molar-refractivity contribution >= 4 is 17.4 Å². The highest BCUT2D eigenvalue weighted by Crippen LogP contribution is 2.28. The lowest BCUT2D eigenvalue weighted by Gasteiger charge is -2.19. The summed E-state index contributed by atoms with van der Waals surface area (Å²) in [5, 5.41) is 4.10. The van der Waals surface area contributed by atoms with E-state index in [1.807, 2.05) is 7.05 Å². The van der Waals surface area contributed by atoms with Gasteiger partial charge in [-0.05, 0) is 43.4 Å². The Labute approximate surface area is 132 Å².